The number of nitrogens with zero attached hydrogens (tertiary/aromatic N) is 14. The van der Waals surface area contributed by atoms with Gasteiger partial charge in [-0.25, -0.2) is 18.2 Å². The summed E-state index contributed by atoms with van der Waals surface area (Å²) in [5.41, 5.74) is 18.1. The van der Waals surface area contributed by atoms with E-state index >= 15 is 0 Å². The van der Waals surface area contributed by atoms with Crippen LogP contribution >= 0.6 is 0 Å². The standard InChI is InChI=1S/C27H34N4O2.C23H30N4O.C22H25F2N3O.C21H24FN3O/c1-18-5-10-24-21(13-18)22-16-29(3)12-11-25(22)31(24)17-27(2,33)20-8-9-23(28-14-20)26(32)30(4)15-19-6-7-19;1-16-6-8-20-18(12-16)19-14-26(5)11-10-21(19)27(20)15-23(2,28)17-7-9-22(24-13-17)25(3)4;1-15-5-6-19-17(10-15)18-12-26(13-21(23)24)9-7-20(18)27(19)14-22(2,28)16-4-3-8-25-11-16;1-14-4-5-19-15(10-14)16-12-24(3)9-7-20(16)25(19)13-21(2,26)17-11-23-8-6-18(17)22/h5,8-10,13-14,19,33H,6-7,11-12,15-17H2,1-4H3;6-9,12-13,28H,10-11,14-15H2,1-5H3;3-6,8,10-11,21,28H,7,9,12-14H2,1-2H3;4-6,8,10-11,26H,7,9,12-13H2,1-3H3. The fraction of sp³-hybridized carbons (Fsp3) is 0.430. The van der Waals surface area contributed by atoms with Crippen molar-refractivity contribution in [3.63, 3.8) is 0 Å². The molecular weight excluding hydrogens is 1450 g/mol. The number of carbonyl (C=O) groups excluding carboxylic acids is 1. The summed E-state index contributed by atoms with van der Waals surface area (Å²) in [7, 11) is 12.2. The number of fused-ring (bicyclic) bond motifs is 12. The number of halogens is 3. The maximum Gasteiger partial charge on any atom is 0.272 e. The molecule has 606 valence electrons. The Morgan fingerprint density at radius 2 is 0.887 bits per heavy atom. The van der Waals surface area contributed by atoms with Crippen LogP contribution in [-0.2, 0) is 100 Å². The van der Waals surface area contributed by atoms with Gasteiger partial charge in [0, 0.05) is 232 Å². The minimum Gasteiger partial charge on any atom is -0.384 e. The van der Waals surface area contributed by atoms with Crippen LogP contribution in [0.3, 0.4) is 0 Å². The van der Waals surface area contributed by atoms with Crippen LogP contribution in [0.5, 0.6) is 0 Å². The quantitative estimate of drug-likeness (QED) is 0.0635. The Kier molecular flexibility index (Phi) is 23.6. The molecule has 4 aliphatic heterocycles. The predicted molar refractivity (Wildman–Crippen MR) is 451 cm³/mol. The van der Waals surface area contributed by atoms with Crippen molar-refractivity contribution in [1.29, 1.82) is 0 Å². The lowest BCUT2D eigenvalue weighted by molar-refractivity contribution is 0.0344. The number of likely N-dealkylation sites (N-methyl/N-ethyl adjacent to an activating group) is 3. The molecular formula is C93H113F3N14O5. The number of hydrogen-bond donors (Lipinski definition) is 4. The molecule has 0 saturated heterocycles. The Morgan fingerprint density at radius 3 is 1.26 bits per heavy atom. The van der Waals surface area contributed by atoms with Crippen molar-refractivity contribution in [1.82, 2.24) is 62.7 Å². The molecule has 1 aliphatic carbocycles. The fourth-order valence-electron chi connectivity index (χ4n) is 17.6. The highest BCUT2D eigenvalue weighted by atomic mass is 19.3. The van der Waals surface area contributed by atoms with Crippen molar-refractivity contribution in [2.45, 2.75) is 175 Å². The maximum absolute atomic E-state index is 14.3. The summed E-state index contributed by atoms with van der Waals surface area (Å²) in [6, 6.07) is 38.4. The van der Waals surface area contributed by atoms with Gasteiger partial charge in [-0.05, 0) is 190 Å². The van der Waals surface area contributed by atoms with Crippen LogP contribution in [0.25, 0.3) is 43.6 Å². The van der Waals surface area contributed by atoms with Crippen LogP contribution in [0.4, 0.5) is 19.0 Å². The van der Waals surface area contributed by atoms with Crippen LogP contribution in [0.1, 0.15) is 141 Å². The molecule has 1 fully saturated rings. The average Bonchev–Trinajstić information content (AvgIpc) is 1.62. The summed E-state index contributed by atoms with van der Waals surface area (Å²) in [6.45, 7) is 24.8. The normalized spacial score (nSPS) is 17.4. The van der Waals surface area contributed by atoms with Gasteiger partial charge in [-0.3, -0.25) is 24.6 Å². The van der Waals surface area contributed by atoms with Crippen LogP contribution in [0.2, 0.25) is 0 Å². The molecule has 115 heavy (non-hydrogen) atoms. The van der Waals surface area contributed by atoms with Crippen LogP contribution in [-0.4, -0.2) is 177 Å². The molecule has 12 heterocycles. The third kappa shape index (κ3) is 17.7. The van der Waals surface area contributed by atoms with Gasteiger partial charge in [-0.1, -0.05) is 64.7 Å². The van der Waals surface area contributed by atoms with Crippen LogP contribution in [0, 0.1) is 39.4 Å². The van der Waals surface area contributed by atoms with Gasteiger partial charge >= 0.3 is 0 Å². The van der Waals surface area contributed by atoms with Crippen LogP contribution in [0.15, 0.2) is 152 Å². The monoisotopic (exact) mass is 1560 g/mol. The number of amides is 1. The predicted octanol–water partition coefficient (Wildman–Crippen LogP) is 14.3. The summed E-state index contributed by atoms with van der Waals surface area (Å²) >= 11 is 0. The molecule has 19 nitrogen and oxygen atoms in total. The molecule has 0 radical (unpaired) electrons. The van der Waals surface area contributed by atoms with Gasteiger partial charge in [0.2, 0.25) is 0 Å². The van der Waals surface area contributed by atoms with Crippen molar-refractivity contribution in [3.8, 4) is 0 Å². The molecule has 0 spiro atoms. The van der Waals surface area contributed by atoms with E-state index in [1.54, 1.807) is 49.6 Å². The maximum atomic E-state index is 14.3. The number of anilines is 1. The zero-order valence-electron chi connectivity index (χ0n) is 69.3. The molecule has 4 atom stereocenters. The summed E-state index contributed by atoms with van der Waals surface area (Å²) in [6.07, 6.45) is 13.3. The minimum absolute atomic E-state index is 0.0574. The SMILES string of the molecule is Cc1ccc2c(c1)c1c(n2CC(C)(O)c2ccc(C(=O)N(C)CC3CC3)nc2)CCN(C)C1.Cc1ccc2c(c1)c1c(n2CC(C)(O)c2ccc(N(C)C)nc2)CCN(C)C1.Cc1ccc2c(c1)c1c(n2CC(C)(O)c2cccnc2)CCN(CC(F)F)C1.Cc1ccc2c(c1)c1c(n2CC(C)(O)c2cnccc2F)CCN(C)C1. The van der Waals surface area contributed by atoms with E-state index in [9.17, 15) is 38.4 Å². The van der Waals surface area contributed by atoms with Gasteiger partial charge in [0.05, 0.1) is 32.7 Å². The van der Waals surface area contributed by atoms with Crippen LogP contribution < -0.4 is 4.90 Å². The molecule has 0 bridgehead atoms. The Balaban J connectivity index is 0.000000127. The molecule has 22 heteroatoms. The van der Waals surface area contributed by atoms with Gasteiger partial charge in [-0.2, -0.15) is 0 Å². The smallest absolute Gasteiger partial charge is 0.272 e. The Morgan fingerprint density at radius 1 is 0.487 bits per heavy atom. The van der Waals surface area contributed by atoms with Crippen molar-refractivity contribution in [2.75, 3.05) is 86.5 Å². The molecule has 4 N–H and O–H groups in total. The number of pyridine rings is 4. The number of benzene rings is 4. The first-order valence-electron chi connectivity index (χ1n) is 40.4. The van der Waals surface area contributed by atoms with E-state index in [1.165, 1.54) is 109 Å². The van der Waals surface area contributed by atoms with Crippen molar-refractivity contribution >= 4 is 55.3 Å². The number of aromatic nitrogens is 8. The first-order valence-corrected chi connectivity index (χ1v) is 40.4. The summed E-state index contributed by atoms with van der Waals surface area (Å²) in [5.74, 6) is 1.05. The zero-order chi connectivity index (χ0) is 81.7. The summed E-state index contributed by atoms with van der Waals surface area (Å²) in [5, 5.41) is 50.1. The number of aliphatic hydroxyl groups is 4. The van der Waals surface area contributed by atoms with Gasteiger partial charge in [-0.15, -0.1) is 0 Å². The second-order valence-electron chi connectivity index (χ2n) is 34.5. The second-order valence-corrected chi connectivity index (χ2v) is 34.5. The van der Waals surface area contributed by atoms with E-state index in [0.29, 0.717) is 57.3 Å². The topological polar surface area (TPSA) is 189 Å². The lowest BCUT2D eigenvalue weighted by Gasteiger charge is -2.30. The number of carbonyl (C=O) groups is 1. The summed E-state index contributed by atoms with van der Waals surface area (Å²) in [4.78, 5) is 42.3. The molecule has 12 aromatic rings. The highest BCUT2D eigenvalue weighted by Crippen LogP contribution is 2.41. The van der Waals surface area contributed by atoms with Gasteiger partial charge in [0.15, 0.2) is 0 Å². The van der Waals surface area contributed by atoms with E-state index in [1.807, 2.05) is 82.0 Å². The third-order valence-corrected chi connectivity index (χ3v) is 24.2. The van der Waals surface area contributed by atoms with E-state index in [2.05, 4.69) is 168 Å². The van der Waals surface area contributed by atoms with Crippen molar-refractivity contribution in [3.05, 3.63) is 253 Å². The van der Waals surface area contributed by atoms with E-state index in [4.69, 9.17) is 0 Å². The second kappa shape index (κ2) is 33.2. The lowest BCUT2D eigenvalue weighted by atomic mass is 9.96. The average molecular weight is 1560 g/mol. The zero-order valence-corrected chi connectivity index (χ0v) is 69.3. The molecule has 4 unspecified atom stereocenters. The number of rotatable bonds is 18. The third-order valence-electron chi connectivity index (χ3n) is 24.2. The molecule has 4 aromatic carbocycles. The lowest BCUT2D eigenvalue weighted by Crippen LogP contribution is -2.35. The van der Waals surface area contributed by atoms with Gasteiger partial charge in [0.1, 0.15) is 39.7 Å². The number of alkyl halides is 2. The molecule has 17 rings (SSSR count). The largest absolute Gasteiger partial charge is 0.384 e. The molecule has 1 amide bonds. The van der Waals surface area contributed by atoms with Gasteiger partial charge in [0.25, 0.3) is 12.3 Å². The highest BCUT2D eigenvalue weighted by Gasteiger charge is 2.37. The van der Waals surface area contributed by atoms with E-state index in [0.717, 1.165) is 121 Å². The Bertz CT molecular complexity index is 5510. The Hall–Kier alpha value is -9.62. The number of hydrogen-bond acceptors (Lipinski definition) is 14. The highest BCUT2D eigenvalue weighted by molar-refractivity contribution is 5.92. The van der Waals surface area contributed by atoms with Crippen molar-refractivity contribution < 1.29 is 38.4 Å². The van der Waals surface area contributed by atoms with Crippen molar-refractivity contribution in [2.24, 2.45) is 5.92 Å². The minimum atomic E-state index is -2.33. The van der Waals surface area contributed by atoms with E-state index in [-0.39, 0.29) is 18.0 Å². The molecule has 5 aliphatic rings. The summed E-state index contributed by atoms with van der Waals surface area (Å²) < 4.78 is 49.0. The number of aryl methyl sites for hydroxylation is 4. The fourth-order valence-corrected chi connectivity index (χ4v) is 17.6. The molecule has 1 saturated carbocycles. The first-order chi connectivity index (χ1) is 54.7. The molecule has 8 aromatic heterocycles. The van der Waals surface area contributed by atoms with Gasteiger partial charge < -0.3 is 63.2 Å². The van der Waals surface area contributed by atoms with E-state index < -0.39 is 34.6 Å². The Labute approximate surface area is 673 Å². The first kappa shape index (κ1) is 81.9.